The molecule has 0 aliphatic carbocycles. The van der Waals surface area contributed by atoms with Crippen molar-refractivity contribution in [2.45, 2.75) is 32.7 Å². The maximum absolute atomic E-state index is 13.4. The Bertz CT molecular complexity index is 1330. The summed E-state index contributed by atoms with van der Waals surface area (Å²) in [6.07, 6.45) is -5.30. The fraction of sp³-hybridized carbons (Fsp3) is 0.346. The second-order valence-electron chi connectivity index (χ2n) is 9.64. The number of ether oxygens (including phenoxy) is 2. The number of rotatable bonds is 4. The van der Waals surface area contributed by atoms with Crippen LogP contribution >= 0.6 is 11.6 Å². The van der Waals surface area contributed by atoms with E-state index in [0.29, 0.717) is 35.1 Å². The van der Waals surface area contributed by atoms with Gasteiger partial charge < -0.3 is 19.3 Å². The van der Waals surface area contributed by atoms with Crippen molar-refractivity contribution < 1.29 is 32.2 Å². The molecule has 0 N–H and O–H groups in total. The van der Waals surface area contributed by atoms with Crippen LogP contribution in [0.2, 0.25) is 5.02 Å². The first kappa shape index (κ1) is 27.3. The van der Waals surface area contributed by atoms with Gasteiger partial charge in [0.25, 0.3) is 5.91 Å². The Morgan fingerprint density at radius 3 is 2.21 bits per heavy atom. The van der Waals surface area contributed by atoms with Gasteiger partial charge in [-0.25, -0.2) is 9.48 Å². The summed E-state index contributed by atoms with van der Waals surface area (Å²) in [5, 5.41) is 4.90. The number of carbonyl (C=O) groups excluding carboxylic acids is 2. The SMILES string of the molecule is CC(C)(C)OC(=O)N1CCN(C(=O)c2cc(-c3cccc(OC(F)(F)F)c3)n(-c3cccc(Cl)c3)n2)CC1. The number of benzene rings is 2. The lowest BCUT2D eigenvalue weighted by Crippen LogP contribution is -2.51. The summed E-state index contributed by atoms with van der Waals surface area (Å²) in [4.78, 5) is 28.8. The molecular weight excluding hydrogens is 525 g/mol. The van der Waals surface area contributed by atoms with Crippen molar-refractivity contribution in [3.05, 3.63) is 65.3 Å². The van der Waals surface area contributed by atoms with E-state index in [2.05, 4.69) is 9.84 Å². The summed E-state index contributed by atoms with van der Waals surface area (Å²) in [6, 6.07) is 13.6. The molecule has 3 aromatic rings. The van der Waals surface area contributed by atoms with Gasteiger partial charge in [-0.3, -0.25) is 4.79 Å². The molecule has 0 saturated carbocycles. The van der Waals surface area contributed by atoms with Crippen molar-refractivity contribution >= 4 is 23.6 Å². The van der Waals surface area contributed by atoms with E-state index >= 15 is 0 Å². The van der Waals surface area contributed by atoms with E-state index < -0.39 is 23.8 Å². The highest BCUT2D eigenvalue weighted by atomic mass is 35.5. The van der Waals surface area contributed by atoms with E-state index in [9.17, 15) is 22.8 Å². The Kier molecular flexibility index (Phi) is 7.59. The zero-order chi connectivity index (χ0) is 27.7. The summed E-state index contributed by atoms with van der Waals surface area (Å²) in [5.74, 6) is -0.779. The second-order valence-corrected chi connectivity index (χ2v) is 10.1. The van der Waals surface area contributed by atoms with E-state index in [1.165, 1.54) is 33.8 Å². The number of halogens is 4. The van der Waals surface area contributed by atoms with Crippen LogP contribution in [0.5, 0.6) is 5.75 Å². The quantitative estimate of drug-likeness (QED) is 0.411. The van der Waals surface area contributed by atoms with Crippen LogP contribution in [-0.2, 0) is 4.74 Å². The van der Waals surface area contributed by atoms with Crippen molar-refractivity contribution in [1.82, 2.24) is 19.6 Å². The number of nitrogens with zero attached hydrogens (tertiary/aromatic N) is 4. The second kappa shape index (κ2) is 10.6. The third-order valence-electron chi connectivity index (χ3n) is 5.56. The average Bonchev–Trinajstić information content (AvgIpc) is 3.27. The van der Waals surface area contributed by atoms with E-state index in [1.54, 1.807) is 56.0 Å². The topological polar surface area (TPSA) is 76.9 Å². The molecule has 2 amide bonds. The number of aromatic nitrogens is 2. The van der Waals surface area contributed by atoms with E-state index in [4.69, 9.17) is 16.3 Å². The normalized spacial score (nSPS) is 14.4. The van der Waals surface area contributed by atoms with Crippen molar-refractivity contribution in [2.75, 3.05) is 26.2 Å². The summed E-state index contributed by atoms with van der Waals surface area (Å²) in [5.41, 5.74) is 0.704. The van der Waals surface area contributed by atoms with Crippen LogP contribution < -0.4 is 4.74 Å². The van der Waals surface area contributed by atoms with Crippen LogP contribution in [0.3, 0.4) is 0 Å². The fourth-order valence-corrected chi connectivity index (χ4v) is 4.11. The molecule has 1 fully saturated rings. The van der Waals surface area contributed by atoms with Crippen molar-refractivity contribution in [3.8, 4) is 22.7 Å². The van der Waals surface area contributed by atoms with Gasteiger partial charge in [0.2, 0.25) is 0 Å². The van der Waals surface area contributed by atoms with Gasteiger partial charge >= 0.3 is 12.5 Å². The summed E-state index contributed by atoms with van der Waals surface area (Å²) in [7, 11) is 0. The summed E-state index contributed by atoms with van der Waals surface area (Å²) < 4.78 is 49.3. The first-order chi connectivity index (χ1) is 17.8. The van der Waals surface area contributed by atoms with Gasteiger partial charge in [-0.2, -0.15) is 5.10 Å². The lowest BCUT2D eigenvalue weighted by Gasteiger charge is -2.35. The Morgan fingerprint density at radius 2 is 1.58 bits per heavy atom. The minimum Gasteiger partial charge on any atom is -0.444 e. The van der Waals surface area contributed by atoms with Crippen LogP contribution in [-0.4, -0.2) is 69.7 Å². The molecular formula is C26H26ClF3N4O4. The van der Waals surface area contributed by atoms with Crippen molar-refractivity contribution in [3.63, 3.8) is 0 Å². The van der Waals surface area contributed by atoms with E-state index in [1.807, 2.05) is 0 Å². The average molecular weight is 551 g/mol. The molecule has 12 heteroatoms. The smallest absolute Gasteiger partial charge is 0.444 e. The molecule has 4 rings (SSSR count). The van der Waals surface area contributed by atoms with Gasteiger partial charge in [0.05, 0.1) is 11.4 Å². The monoisotopic (exact) mass is 550 g/mol. The molecule has 1 aliphatic heterocycles. The van der Waals surface area contributed by atoms with Gasteiger partial charge in [0.15, 0.2) is 5.69 Å². The molecule has 0 bridgehead atoms. The summed E-state index contributed by atoms with van der Waals surface area (Å²) in [6.45, 7) is 6.47. The molecule has 1 aromatic heterocycles. The molecule has 0 unspecified atom stereocenters. The third-order valence-corrected chi connectivity index (χ3v) is 5.80. The van der Waals surface area contributed by atoms with Crippen molar-refractivity contribution in [1.29, 1.82) is 0 Å². The van der Waals surface area contributed by atoms with E-state index in [0.717, 1.165) is 0 Å². The molecule has 202 valence electrons. The number of amides is 2. The van der Waals surface area contributed by atoms with Gasteiger partial charge in [-0.15, -0.1) is 13.2 Å². The molecule has 2 heterocycles. The Morgan fingerprint density at radius 1 is 0.921 bits per heavy atom. The standard InChI is InChI=1S/C26H26ClF3N4O4/c1-25(2,3)38-24(36)33-12-10-32(11-13-33)23(35)21-16-22(34(31-21)19-8-5-7-18(27)15-19)17-6-4-9-20(14-17)37-26(28,29)30/h4-9,14-16H,10-13H2,1-3H3. The van der Waals surface area contributed by atoms with Gasteiger partial charge in [-0.05, 0) is 57.2 Å². The number of hydrogen-bond acceptors (Lipinski definition) is 5. The number of carbonyl (C=O) groups is 2. The predicted octanol–water partition coefficient (Wildman–Crippen LogP) is 5.78. The first-order valence-electron chi connectivity index (χ1n) is 11.8. The third kappa shape index (κ3) is 6.77. The molecule has 1 aliphatic rings. The van der Waals surface area contributed by atoms with Gasteiger partial charge in [0.1, 0.15) is 11.4 Å². The highest BCUT2D eigenvalue weighted by Gasteiger charge is 2.32. The Hall–Kier alpha value is -3.73. The molecule has 1 saturated heterocycles. The number of hydrogen-bond donors (Lipinski definition) is 0. The van der Waals surface area contributed by atoms with Gasteiger partial charge in [0, 0.05) is 36.8 Å². The first-order valence-corrected chi connectivity index (χ1v) is 12.2. The zero-order valence-corrected chi connectivity index (χ0v) is 21.7. The van der Waals surface area contributed by atoms with Crippen LogP contribution in [0.4, 0.5) is 18.0 Å². The predicted molar refractivity (Wildman–Crippen MR) is 134 cm³/mol. The van der Waals surface area contributed by atoms with Crippen molar-refractivity contribution in [2.24, 2.45) is 0 Å². The fourth-order valence-electron chi connectivity index (χ4n) is 3.93. The van der Waals surface area contributed by atoms with Crippen LogP contribution in [0, 0.1) is 0 Å². The van der Waals surface area contributed by atoms with Crippen LogP contribution in [0.1, 0.15) is 31.3 Å². The summed E-state index contributed by atoms with van der Waals surface area (Å²) >= 11 is 6.16. The van der Waals surface area contributed by atoms with Crippen LogP contribution in [0.25, 0.3) is 16.9 Å². The molecule has 38 heavy (non-hydrogen) atoms. The highest BCUT2D eigenvalue weighted by Crippen LogP contribution is 2.31. The molecule has 0 atom stereocenters. The minimum atomic E-state index is -4.85. The van der Waals surface area contributed by atoms with E-state index in [-0.39, 0.29) is 24.7 Å². The molecule has 0 radical (unpaired) electrons. The maximum atomic E-state index is 13.4. The number of alkyl halides is 3. The lowest BCUT2D eigenvalue weighted by atomic mass is 10.1. The minimum absolute atomic E-state index is 0.0906. The number of piperazine rings is 1. The zero-order valence-electron chi connectivity index (χ0n) is 21.0. The largest absolute Gasteiger partial charge is 0.573 e. The highest BCUT2D eigenvalue weighted by molar-refractivity contribution is 6.30. The molecule has 0 spiro atoms. The van der Waals surface area contributed by atoms with Gasteiger partial charge in [-0.1, -0.05) is 29.8 Å². The Labute approximate surface area is 222 Å². The molecule has 2 aromatic carbocycles. The Balaban J connectivity index is 1.61. The lowest BCUT2D eigenvalue weighted by molar-refractivity contribution is -0.274. The molecule has 8 nitrogen and oxygen atoms in total. The maximum Gasteiger partial charge on any atom is 0.573 e. The van der Waals surface area contributed by atoms with Crippen LogP contribution in [0.15, 0.2) is 54.6 Å².